The third-order valence-electron chi connectivity index (χ3n) is 9.34. The molecule has 0 spiro atoms. The van der Waals surface area contributed by atoms with E-state index in [9.17, 15) is 0 Å². The lowest BCUT2D eigenvalue weighted by Gasteiger charge is -2.16. The van der Waals surface area contributed by atoms with Gasteiger partial charge in [0.05, 0.1) is 11.4 Å². The first-order valence-corrected chi connectivity index (χ1v) is 17.4. The predicted octanol–water partition coefficient (Wildman–Crippen LogP) is 12.1. The molecule has 0 amide bonds. The maximum atomic E-state index is 5.31. The van der Waals surface area contributed by atoms with Crippen molar-refractivity contribution in [2.24, 2.45) is 0 Å². The van der Waals surface area contributed by atoms with Gasteiger partial charge in [-0.15, -0.1) is 0 Å². The molecule has 0 N–H and O–H groups in total. The molecule has 4 heteroatoms. The van der Waals surface area contributed by atoms with E-state index in [1.54, 1.807) is 0 Å². The molecule has 4 nitrogen and oxygen atoms in total. The highest BCUT2D eigenvalue weighted by Crippen LogP contribution is 2.40. The number of rotatable bonds is 7. The van der Waals surface area contributed by atoms with Gasteiger partial charge in [-0.05, 0) is 45.2 Å². The van der Waals surface area contributed by atoms with Crippen LogP contribution < -0.4 is 0 Å². The maximum absolute atomic E-state index is 5.31. The van der Waals surface area contributed by atoms with E-state index < -0.39 is 0 Å². The van der Waals surface area contributed by atoms with Gasteiger partial charge >= 0.3 is 0 Å². The van der Waals surface area contributed by atoms with E-state index in [1.807, 2.05) is 66.7 Å². The zero-order valence-corrected chi connectivity index (χ0v) is 28.3. The summed E-state index contributed by atoms with van der Waals surface area (Å²) in [5.41, 5.74) is 11.3. The molecule has 0 saturated carbocycles. The Bertz CT molecular complexity index is 2530. The van der Waals surface area contributed by atoms with Gasteiger partial charge in [0.2, 0.25) is 0 Å². The predicted molar refractivity (Wildman–Crippen MR) is 213 cm³/mol. The lowest BCUT2D eigenvalue weighted by atomic mass is 9.90. The van der Waals surface area contributed by atoms with E-state index >= 15 is 0 Å². The Balaban J connectivity index is 1.20. The van der Waals surface area contributed by atoms with Crippen LogP contribution >= 0.6 is 0 Å². The van der Waals surface area contributed by atoms with Crippen LogP contribution in [0.4, 0.5) is 0 Å². The topological polar surface area (TPSA) is 51.6 Å². The van der Waals surface area contributed by atoms with Crippen molar-refractivity contribution in [2.45, 2.75) is 0 Å². The van der Waals surface area contributed by atoms with Crippen LogP contribution in [0.25, 0.3) is 89.7 Å². The summed E-state index contributed by atoms with van der Waals surface area (Å²) in [6, 6.07) is 67.0. The van der Waals surface area contributed by atoms with Crippen molar-refractivity contribution in [2.75, 3.05) is 0 Å². The van der Waals surface area contributed by atoms with Crippen molar-refractivity contribution in [3.63, 3.8) is 0 Å². The highest BCUT2D eigenvalue weighted by atomic mass is 15.0. The van der Waals surface area contributed by atoms with E-state index in [4.69, 9.17) is 19.9 Å². The number of nitrogens with zero attached hydrogens (tertiary/aromatic N) is 4. The Kier molecular flexibility index (Phi) is 8.16. The van der Waals surface area contributed by atoms with Crippen LogP contribution in [0.5, 0.6) is 0 Å². The van der Waals surface area contributed by atoms with Crippen LogP contribution in [0.2, 0.25) is 0 Å². The number of hydrogen-bond donors (Lipinski definition) is 0. The summed E-state index contributed by atoms with van der Waals surface area (Å²) in [6.07, 6.45) is 0. The largest absolute Gasteiger partial charge is 0.248 e. The van der Waals surface area contributed by atoms with Gasteiger partial charge in [0, 0.05) is 27.8 Å². The summed E-state index contributed by atoms with van der Waals surface area (Å²) < 4.78 is 0. The second-order valence-corrected chi connectivity index (χ2v) is 12.7. The molecule has 7 aromatic carbocycles. The fraction of sp³-hybridized carbons (Fsp3) is 0. The van der Waals surface area contributed by atoms with Crippen molar-refractivity contribution in [3.8, 4) is 78.9 Å². The third kappa shape index (κ3) is 6.14. The minimum Gasteiger partial charge on any atom is -0.248 e. The van der Waals surface area contributed by atoms with Gasteiger partial charge in [-0.3, -0.25) is 0 Å². The maximum Gasteiger partial charge on any atom is 0.164 e. The lowest BCUT2D eigenvalue weighted by molar-refractivity contribution is 1.07. The van der Waals surface area contributed by atoms with Crippen molar-refractivity contribution < 1.29 is 0 Å². The summed E-state index contributed by atoms with van der Waals surface area (Å²) in [7, 11) is 0. The van der Waals surface area contributed by atoms with E-state index in [0.29, 0.717) is 17.5 Å². The first-order chi connectivity index (χ1) is 25.8. The number of fused-ring (bicyclic) bond motifs is 1. The minimum atomic E-state index is 0.627. The van der Waals surface area contributed by atoms with Crippen LogP contribution in [0, 0.1) is 0 Å². The van der Waals surface area contributed by atoms with Crippen molar-refractivity contribution in [1.82, 2.24) is 19.9 Å². The average molecular weight is 665 g/mol. The van der Waals surface area contributed by atoms with Gasteiger partial charge < -0.3 is 0 Å². The summed E-state index contributed by atoms with van der Waals surface area (Å²) in [6.45, 7) is 0. The van der Waals surface area contributed by atoms with E-state index in [-0.39, 0.29) is 0 Å². The van der Waals surface area contributed by atoms with Crippen LogP contribution in [0.15, 0.2) is 194 Å². The SMILES string of the molecule is c1ccc(-c2cc(-c3ccccc3)nc(-c3ccc4ccccc4c3-c3ccc(-c4nc(-c5ccccc5)nc(-c5ccccc5)n4)cc3)c2)cc1. The first kappa shape index (κ1) is 31.0. The van der Waals surface area contributed by atoms with Gasteiger partial charge in [-0.25, -0.2) is 19.9 Å². The Hall–Kier alpha value is -7.04. The summed E-state index contributed by atoms with van der Waals surface area (Å²) in [5, 5.41) is 2.34. The smallest absolute Gasteiger partial charge is 0.164 e. The van der Waals surface area contributed by atoms with Crippen molar-refractivity contribution in [3.05, 3.63) is 194 Å². The molecule has 0 aliphatic heterocycles. The molecule has 244 valence electrons. The van der Waals surface area contributed by atoms with Gasteiger partial charge in [0.1, 0.15) is 0 Å². The average Bonchev–Trinajstić information content (AvgIpc) is 3.24. The fourth-order valence-corrected chi connectivity index (χ4v) is 6.74. The monoisotopic (exact) mass is 664 g/mol. The molecular weight excluding hydrogens is 633 g/mol. The number of aromatic nitrogens is 4. The fourth-order valence-electron chi connectivity index (χ4n) is 6.74. The Morgan fingerprint density at radius 1 is 0.269 bits per heavy atom. The van der Waals surface area contributed by atoms with E-state index in [2.05, 4.69) is 127 Å². The standard InChI is InChI=1S/C48H32N4/c1-5-15-33(16-6-1)40-31-43(35-18-7-2-8-19-35)49-44(32-40)42-30-29-34-17-13-14-24-41(34)45(42)36-25-27-39(28-26-36)48-51-46(37-20-9-3-10-21-37)50-47(52-48)38-22-11-4-12-23-38/h1-32H. The Morgan fingerprint density at radius 2 is 0.712 bits per heavy atom. The summed E-state index contributed by atoms with van der Waals surface area (Å²) in [5.74, 6) is 1.91. The molecule has 2 heterocycles. The first-order valence-electron chi connectivity index (χ1n) is 17.4. The molecule has 0 bridgehead atoms. The van der Waals surface area contributed by atoms with Gasteiger partial charge in [0.25, 0.3) is 0 Å². The molecule has 52 heavy (non-hydrogen) atoms. The molecule has 9 rings (SSSR count). The molecular formula is C48H32N4. The molecule has 0 fully saturated rings. The number of pyridine rings is 1. The second-order valence-electron chi connectivity index (χ2n) is 12.7. The molecule has 0 aliphatic rings. The summed E-state index contributed by atoms with van der Waals surface area (Å²) in [4.78, 5) is 20.1. The summed E-state index contributed by atoms with van der Waals surface area (Å²) >= 11 is 0. The molecule has 0 atom stereocenters. The van der Waals surface area contributed by atoms with Gasteiger partial charge in [-0.1, -0.05) is 182 Å². The van der Waals surface area contributed by atoms with Crippen LogP contribution in [0.1, 0.15) is 0 Å². The van der Waals surface area contributed by atoms with Gasteiger partial charge in [-0.2, -0.15) is 0 Å². The Labute approximate surface area is 302 Å². The van der Waals surface area contributed by atoms with E-state index in [0.717, 1.165) is 61.5 Å². The molecule has 2 aromatic heterocycles. The second kappa shape index (κ2) is 13.7. The van der Waals surface area contributed by atoms with Crippen molar-refractivity contribution >= 4 is 10.8 Å². The number of hydrogen-bond acceptors (Lipinski definition) is 4. The minimum absolute atomic E-state index is 0.627. The lowest BCUT2D eigenvalue weighted by Crippen LogP contribution is -2.00. The van der Waals surface area contributed by atoms with Crippen LogP contribution in [-0.4, -0.2) is 19.9 Å². The quantitative estimate of drug-likeness (QED) is 0.170. The zero-order chi connectivity index (χ0) is 34.7. The number of benzene rings is 7. The van der Waals surface area contributed by atoms with Crippen molar-refractivity contribution in [1.29, 1.82) is 0 Å². The molecule has 0 unspecified atom stereocenters. The molecule has 0 radical (unpaired) electrons. The van der Waals surface area contributed by atoms with Gasteiger partial charge in [0.15, 0.2) is 17.5 Å². The van der Waals surface area contributed by atoms with E-state index in [1.165, 1.54) is 10.8 Å². The molecule has 0 aliphatic carbocycles. The third-order valence-corrected chi connectivity index (χ3v) is 9.34. The van der Waals surface area contributed by atoms with Crippen LogP contribution in [0.3, 0.4) is 0 Å². The van der Waals surface area contributed by atoms with Crippen LogP contribution in [-0.2, 0) is 0 Å². The molecule has 0 saturated heterocycles. The zero-order valence-electron chi connectivity index (χ0n) is 28.3. The normalized spacial score (nSPS) is 11.1. The highest BCUT2D eigenvalue weighted by molar-refractivity contribution is 6.04. The highest BCUT2D eigenvalue weighted by Gasteiger charge is 2.17. The molecule has 9 aromatic rings. The Morgan fingerprint density at radius 3 is 1.29 bits per heavy atom.